The van der Waals surface area contributed by atoms with Gasteiger partial charge >= 0.3 is 6.09 Å². The summed E-state index contributed by atoms with van der Waals surface area (Å²) in [6.45, 7) is 10.7. The lowest BCUT2D eigenvalue weighted by molar-refractivity contribution is -0.111. The number of hydrogen-bond acceptors (Lipinski definition) is 7. The lowest BCUT2D eigenvalue weighted by Crippen LogP contribution is -2.42. The first-order valence-electron chi connectivity index (χ1n) is 11.7. The summed E-state index contributed by atoms with van der Waals surface area (Å²) >= 11 is 0. The van der Waals surface area contributed by atoms with E-state index in [2.05, 4.69) is 45.9 Å². The van der Waals surface area contributed by atoms with E-state index < -0.39 is 0 Å². The number of benzene rings is 1. The summed E-state index contributed by atoms with van der Waals surface area (Å²) in [7, 11) is 0. The number of ether oxygens (including phenoxy) is 1. The molecule has 2 aliphatic heterocycles. The van der Waals surface area contributed by atoms with E-state index in [1.807, 2.05) is 24.3 Å². The number of nitrogens with one attached hydrogen (secondary N) is 2. The zero-order valence-electron chi connectivity index (χ0n) is 19.7. The van der Waals surface area contributed by atoms with Gasteiger partial charge in [0.2, 0.25) is 11.9 Å². The molecule has 0 bridgehead atoms. The number of hydrogen-bond donors (Lipinski definition) is 2. The van der Waals surface area contributed by atoms with Crippen molar-refractivity contribution in [3.05, 3.63) is 54.7 Å². The van der Waals surface area contributed by atoms with Gasteiger partial charge < -0.3 is 15.4 Å². The van der Waals surface area contributed by atoms with Crippen LogP contribution < -0.4 is 15.5 Å². The molecule has 3 heterocycles. The molecule has 1 aromatic carbocycles. The number of nitrogens with zero attached hydrogens (tertiary/aromatic N) is 4. The Bertz CT molecular complexity index is 1030. The van der Waals surface area contributed by atoms with Crippen molar-refractivity contribution >= 4 is 29.5 Å². The van der Waals surface area contributed by atoms with Crippen LogP contribution in [0.3, 0.4) is 0 Å². The highest BCUT2D eigenvalue weighted by atomic mass is 16.6. The Morgan fingerprint density at radius 1 is 1.29 bits per heavy atom. The van der Waals surface area contributed by atoms with Gasteiger partial charge in [0.1, 0.15) is 12.4 Å². The molecule has 0 radical (unpaired) electrons. The standard InChI is InChI=1S/C25H32N6O3/c1-4-23(32)27-19-9-7-18(8-10-19)14-30-13-5-6-20(15-30)28-24-26-12-11-22(29-24)31-21(17(2)3)16-34-25(31)33/h4,7-12,17,20-21H,1,5-6,13-16H2,2-3H3,(H,27,32)(H,26,28,29). The molecule has 2 fully saturated rings. The maximum Gasteiger partial charge on any atom is 0.415 e. The van der Waals surface area contributed by atoms with E-state index in [0.29, 0.717) is 18.4 Å². The molecular weight excluding hydrogens is 432 g/mol. The summed E-state index contributed by atoms with van der Waals surface area (Å²) in [5, 5.41) is 6.22. The van der Waals surface area contributed by atoms with Crippen LogP contribution in [0.2, 0.25) is 0 Å². The number of cyclic esters (lactones) is 1. The van der Waals surface area contributed by atoms with E-state index in [0.717, 1.165) is 38.2 Å². The second-order valence-corrected chi connectivity index (χ2v) is 9.11. The van der Waals surface area contributed by atoms with Crippen LogP contribution in [0, 0.1) is 5.92 Å². The first kappa shape index (κ1) is 23.7. The third kappa shape index (κ3) is 5.72. The van der Waals surface area contributed by atoms with Crippen LogP contribution in [0.15, 0.2) is 49.2 Å². The summed E-state index contributed by atoms with van der Waals surface area (Å²) in [6, 6.07) is 9.80. The van der Waals surface area contributed by atoms with Gasteiger partial charge in [0.25, 0.3) is 0 Å². The van der Waals surface area contributed by atoms with E-state index in [9.17, 15) is 9.59 Å². The summed E-state index contributed by atoms with van der Waals surface area (Å²) < 4.78 is 5.26. The smallest absolute Gasteiger partial charge is 0.415 e. The Hall–Kier alpha value is -3.46. The first-order valence-corrected chi connectivity index (χ1v) is 11.7. The molecule has 4 rings (SSSR count). The van der Waals surface area contributed by atoms with Crippen molar-refractivity contribution in [1.29, 1.82) is 0 Å². The van der Waals surface area contributed by atoms with Crippen molar-refractivity contribution in [2.45, 2.75) is 45.3 Å². The molecule has 2 aromatic rings. The first-order chi connectivity index (χ1) is 16.4. The second kappa shape index (κ2) is 10.6. The molecule has 2 aliphatic rings. The fourth-order valence-electron chi connectivity index (χ4n) is 4.39. The zero-order valence-corrected chi connectivity index (χ0v) is 19.7. The maximum absolute atomic E-state index is 12.3. The monoisotopic (exact) mass is 464 g/mol. The average molecular weight is 465 g/mol. The van der Waals surface area contributed by atoms with Gasteiger partial charge in [-0.05, 0) is 55.1 Å². The Morgan fingerprint density at radius 2 is 2.09 bits per heavy atom. The van der Waals surface area contributed by atoms with E-state index >= 15 is 0 Å². The highest BCUT2D eigenvalue weighted by Gasteiger charge is 2.37. The van der Waals surface area contributed by atoms with E-state index in [4.69, 9.17) is 4.74 Å². The van der Waals surface area contributed by atoms with E-state index in [1.54, 1.807) is 17.2 Å². The molecule has 2 saturated heterocycles. The van der Waals surface area contributed by atoms with Crippen LogP contribution in [0.4, 0.5) is 22.2 Å². The minimum Gasteiger partial charge on any atom is -0.447 e. The molecule has 180 valence electrons. The number of likely N-dealkylation sites (tertiary alicyclic amines) is 1. The van der Waals surface area contributed by atoms with Crippen molar-refractivity contribution in [2.75, 3.05) is 35.2 Å². The lowest BCUT2D eigenvalue weighted by atomic mass is 10.0. The Morgan fingerprint density at radius 3 is 2.82 bits per heavy atom. The second-order valence-electron chi connectivity index (χ2n) is 9.11. The summed E-state index contributed by atoms with van der Waals surface area (Å²) in [5.74, 6) is 1.13. The third-order valence-electron chi connectivity index (χ3n) is 6.21. The van der Waals surface area contributed by atoms with Gasteiger partial charge in [-0.15, -0.1) is 0 Å². The van der Waals surface area contributed by atoms with Crippen molar-refractivity contribution < 1.29 is 14.3 Å². The molecule has 2 N–H and O–H groups in total. The molecule has 1 aromatic heterocycles. The number of amides is 2. The predicted molar refractivity (Wildman–Crippen MR) is 132 cm³/mol. The predicted octanol–water partition coefficient (Wildman–Crippen LogP) is 3.66. The topological polar surface area (TPSA) is 99.7 Å². The van der Waals surface area contributed by atoms with Gasteiger partial charge in [0, 0.05) is 31.0 Å². The van der Waals surface area contributed by atoms with Crippen LogP contribution >= 0.6 is 0 Å². The maximum atomic E-state index is 12.3. The molecular formula is C25H32N6O3. The molecule has 9 nitrogen and oxygen atoms in total. The fourth-order valence-corrected chi connectivity index (χ4v) is 4.39. The number of carbonyl (C=O) groups excluding carboxylic acids is 2. The average Bonchev–Trinajstić information content (AvgIpc) is 3.22. The lowest BCUT2D eigenvalue weighted by Gasteiger charge is -2.33. The van der Waals surface area contributed by atoms with Crippen LogP contribution in [0.5, 0.6) is 0 Å². The van der Waals surface area contributed by atoms with E-state index in [-0.39, 0.29) is 30.0 Å². The normalized spacial score (nSPS) is 20.8. The highest BCUT2D eigenvalue weighted by molar-refractivity contribution is 5.98. The summed E-state index contributed by atoms with van der Waals surface area (Å²) in [4.78, 5) is 36.8. The van der Waals surface area contributed by atoms with Crippen LogP contribution in [-0.4, -0.2) is 58.6 Å². The Balaban J connectivity index is 1.36. The SMILES string of the molecule is C=CC(=O)Nc1ccc(CN2CCCC(Nc3nccc(N4C(=O)OCC4C(C)C)n3)C2)cc1. The molecule has 2 unspecified atom stereocenters. The Labute approximate surface area is 200 Å². The minimum absolute atomic E-state index is 0.0306. The van der Waals surface area contributed by atoms with Crippen molar-refractivity contribution in [1.82, 2.24) is 14.9 Å². The van der Waals surface area contributed by atoms with Gasteiger partial charge in [0.05, 0.1) is 6.04 Å². The molecule has 2 amide bonds. The third-order valence-corrected chi connectivity index (χ3v) is 6.21. The van der Waals surface area contributed by atoms with Crippen LogP contribution in [0.1, 0.15) is 32.3 Å². The zero-order chi connectivity index (χ0) is 24.1. The molecule has 0 spiro atoms. The number of piperidine rings is 1. The highest BCUT2D eigenvalue weighted by Crippen LogP contribution is 2.26. The van der Waals surface area contributed by atoms with Gasteiger partial charge in [-0.25, -0.2) is 9.78 Å². The quantitative estimate of drug-likeness (QED) is 0.575. The number of rotatable bonds is 8. The number of carbonyl (C=O) groups is 2. The molecule has 2 atom stereocenters. The number of aromatic nitrogens is 2. The molecule has 9 heteroatoms. The van der Waals surface area contributed by atoms with Crippen molar-refractivity contribution in [3.63, 3.8) is 0 Å². The van der Waals surface area contributed by atoms with Gasteiger partial charge in [-0.3, -0.25) is 14.6 Å². The van der Waals surface area contributed by atoms with Crippen LogP contribution in [-0.2, 0) is 16.1 Å². The minimum atomic E-state index is -0.359. The molecule has 0 saturated carbocycles. The van der Waals surface area contributed by atoms with Crippen molar-refractivity contribution in [3.8, 4) is 0 Å². The molecule has 0 aliphatic carbocycles. The summed E-state index contributed by atoms with van der Waals surface area (Å²) in [6.07, 6.45) is 4.67. The van der Waals surface area contributed by atoms with Gasteiger partial charge in [-0.2, -0.15) is 4.98 Å². The van der Waals surface area contributed by atoms with E-state index in [1.165, 1.54) is 11.6 Å². The number of anilines is 3. The van der Waals surface area contributed by atoms with Crippen molar-refractivity contribution in [2.24, 2.45) is 5.92 Å². The summed E-state index contributed by atoms with van der Waals surface area (Å²) in [5.41, 5.74) is 1.94. The Kier molecular flexibility index (Phi) is 7.42. The van der Waals surface area contributed by atoms with Gasteiger partial charge in [-0.1, -0.05) is 32.6 Å². The largest absolute Gasteiger partial charge is 0.447 e. The fraction of sp³-hybridized carbons (Fsp3) is 0.440. The van der Waals surface area contributed by atoms with Crippen LogP contribution in [0.25, 0.3) is 0 Å². The molecule has 34 heavy (non-hydrogen) atoms. The van der Waals surface area contributed by atoms with Gasteiger partial charge in [0.15, 0.2) is 0 Å².